The molecule has 202 valence electrons. The number of carbonyl (C=O) groups excluding carboxylic acids is 1. The highest BCUT2D eigenvalue weighted by Crippen LogP contribution is 2.46. The van der Waals surface area contributed by atoms with E-state index in [9.17, 15) is 31.6 Å². The first-order valence-corrected chi connectivity index (χ1v) is 14.0. The van der Waals surface area contributed by atoms with Gasteiger partial charge < -0.3 is 14.8 Å². The van der Waals surface area contributed by atoms with Gasteiger partial charge >= 0.3 is 6.18 Å². The SMILES string of the molecule is CS(=O)(=O)C1(c2ccc(OCCN3CCC4(CC3)C(=O)Nc3ccc(C#N)cc34)cc2C(F)(F)F)COC1. The number of benzene rings is 2. The van der Waals surface area contributed by atoms with Gasteiger partial charge in [0.15, 0.2) is 9.84 Å². The molecule has 0 atom stereocenters. The van der Waals surface area contributed by atoms with Crippen molar-refractivity contribution in [1.29, 1.82) is 5.26 Å². The quantitative estimate of drug-likeness (QED) is 0.590. The molecule has 1 N–H and O–H groups in total. The number of halogens is 3. The average Bonchev–Trinajstić information content (AvgIpc) is 3.09. The maximum Gasteiger partial charge on any atom is 0.416 e. The molecule has 3 heterocycles. The Morgan fingerprint density at radius 2 is 1.84 bits per heavy atom. The molecule has 0 saturated carbocycles. The molecule has 3 aliphatic rings. The smallest absolute Gasteiger partial charge is 0.416 e. The van der Waals surface area contributed by atoms with Gasteiger partial charge in [-0.15, -0.1) is 0 Å². The molecule has 0 radical (unpaired) electrons. The number of fused-ring (bicyclic) bond motifs is 2. The second-order valence-corrected chi connectivity index (χ2v) is 12.4. The molecule has 12 heteroatoms. The van der Waals surface area contributed by atoms with Gasteiger partial charge in [-0.25, -0.2) is 8.42 Å². The highest BCUT2D eigenvalue weighted by Gasteiger charge is 2.54. The van der Waals surface area contributed by atoms with Crippen LogP contribution < -0.4 is 10.1 Å². The fourth-order valence-electron chi connectivity index (χ4n) is 5.53. The molecule has 38 heavy (non-hydrogen) atoms. The molecule has 5 rings (SSSR count). The van der Waals surface area contributed by atoms with Crippen molar-refractivity contribution in [2.24, 2.45) is 0 Å². The molecule has 8 nitrogen and oxygen atoms in total. The molecular weight excluding hydrogens is 523 g/mol. The van der Waals surface area contributed by atoms with E-state index in [4.69, 9.17) is 9.47 Å². The van der Waals surface area contributed by atoms with Gasteiger partial charge in [0.1, 0.15) is 17.1 Å². The molecule has 0 unspecified atom stereocenters. The van der Waals surface area contributed by atoms with Gasteiger partial charge in [0.05, 0.1) is 35.8 Å². The van der Waals surface area contributed by atoms with Crippen molar-refractivity contribution >= 4 is 21.4 Å². The Labute approximate surface area is 218 Å². The number of nitrogens with one attached hydrogen (secondary N) is 1. The summed E-state index contributed by atoms with van der Waals surface area (Å²) >= 11 is 0. The van der Waals surface area contributed by atoms with Crippen molar-refractivity contribution in [3.63, 3.8) is 0 Å². The van der Waals surface area contributed by atoms with Crippen molar-refractivity contribution in [2.45, 2.75) is 29.2 Å². The van der Waals surface area contributed by atoms with E-state index in [1.54, 1.807) is 18.2 Å². The molecule has 2 aromatic carbocycles. The second kappa shape index (κ2) is 9.25. The minimum Gasteiger partial charge on any atom is -0.492 e. The Hall–Kier alpha value is -3.14. The average molecular weight is 550 g/mol. The first-order chi connectivity index (χ1) is 17.9. The van der Waals surface area contributed by atoms with Crippen LogP contribution in [0, 0.1) is 11.3 Å². The van der Waals surface area contributed by atoms with E-state index in [-0.39, 0.29) is 37.0 Å². The number of nitriles is 1. The summed E-state index contributed by atoms with van der Waals surface area (Å²) in [6.07, 6.45) is -2.77. The van der Waals surface area contributed by atoms with E-state index in [0.717, 1.165) is 29.6 Å². The van der Waals surface area contributed by atoms with Crippen LogP contribution in [0.25, 0.3) is 0 Å². The molecular formula is C26H26F3N3O5S. The molecule has 3 aliphatic heterocycles. The topological polar surface area (TPSA) is 109 Å². The van der Waals surface area contributed by atoms with Gasteiger partial charge in [0.25, 0.3) is 0 Å². The number of sulfone groups is 1. The third kappa shape index (κ3) is 4.32. The van der Waals surface area contributed by atoms with Gasteiger partial charge in [-0.1, -0.05) is 6.07 Å². The molecule has 1 spiro atoms. The van der Waals surface area contributed by atoms with E-state index in [1.165, 1.54) is 6.07 Å². The number of carbonyl (C=O) groups is 1. The zero-order valence-electron chi connectivity index (χ0n) is 20.6. The van der Waals surface area contributed by atoms with Crippen LogP contribution >= 0.6 is 0 Å². The normalized spacial score (nSPS) is 20.3. The zero-order valence-corrected chi connectivity index (χ0v) is 21.4. The Morgan fingerprint density at radius 1 is 1.13 bits per heavy atom. The van der Waals surface area contributed by atoms with E-state index >= 15 is 0 Å². The summed E-state index contributed by atoms with van der Waals surface area (Å²) in [6, 6.07) is 10.7. The van der Waals surface area contributed by atoms with Gasteiger partial charge in [-0.3, -0.25) is 9.69 Å². The third-order valence-electron chi connectivity index (χ3n) is 7.90. The lowest BCUT2D eigenvalue weighted by Gasteiger charge is -2.41. The number of hydrogen-bond acceptors (Lipinski definition) is 7. The monoisotopic (exact) mass is 549 g/mol. The Morgan fingerprint density at radius 3 is 2.42 bits per heavy atom. The minimum atomic E-state index is -4.77. The lowest BCUT2D eigenvalue weighted by atomic mass is 9.73. The maximum absolute atomic E-state index is 13.9. The van der Waals surface area contributed by atoms with Gasteiger partial charge in [0, 0.05) is 18.5 Å². The van der Waals surface area contributed by atoms with Gasteiger partial charge in [0.2, 0.25) is 5.91 Å². The summed E-state index contributed by atoms with van der Waals surface area (Å²) in [5, 5.41) is 12.2. The van der Waals surface area contributed by atoms with E-state index < -0.39 is 31.7 Å². The zero-order chi connectivity index (χ0) is 27.3. The molecule has 0 bridgehead atoms. The van der Waals surface area contributed by atoms with E-state index in [1.807, 2.05) is 0 Å². The molecule has 2 fully saturated rings. The van der Waals surface area contributed by atoms with Gasteiger partial charge in [-0.05, 0) is 67.4 Å². The summed E-state index contributed by atoms with van der Waals surface area (Å²) in [4.78, 5) is 14.9. The molecule has 1 amide bonds. The third-order valence-corrected chi connectivity index (χ3v) is 9.78. The Kier molecular flexibility index (Phi) is 6.44. The molecule has 0 aromatic heterocycles. The standard InChI is InChI=1S/C26H26F3N3O5S/c1-38(34,35)25(15-36-16-25)19-4-3-18(13-20(19)26(27,28)29)37-11-10-32-8-6-24(7-9-32)21-12-17(14-30)2-5-22(21)31-23(24)33/h2-5,12-13H,6-11,15-16H2,1H3,(H,31,33). The fraction of sp³-hybridized carbons (Fsp3) is 0.462. The first kappa shape index (κ1) is 26.5. The van der Waals surface area contributed by atoms with Crippen LogP contribution in [0.5, 0.6) is 5.75 Å². The lowest BCUT2D eigenvalue weighted by Crippen LogP contribution is -2.53. The summed E-state index contributed by atoms with van der Waals surface area (Å²) in [5.74, 6) is -0.0893. The van der Waals surface area contributed by atoms with Crippen LogP contribution in [0.4, 0.5) is 18.9 Å². The Bertz CT molecular complexity index is 1420. The number of amides is 1. The molecule has 2 saturated heterocycles. The number of likely N-dealkylation sites (tertiary alicyclic amines) is 1. The van der Waals surface area contributed by atoms with E-state index in [0.29, 0.717) is 38.0 Å². The van der Waals surface area contributed by atoms with Gasteiger partial charge in [-0.2, -0.15) is 18.4 Å². The number of nitrogens with zero attached hydrogens (tertiary/aromatic N) is 2. The predicted octanol–water partition coefficient (Wildman–Crippen LogP) is 3.21. The number of alkyl halides is 3. The van der Waals surface area contributed by atoms with Crippen LogP contribution in [-0.4, -0.2) is 64.9 Å². The molecule has 0 aliphatic carbocycles. The summed E-state index contributed by atoms with van der Waals surface area (Å²) in [5.41, 5.74) is -0.0280. The maximum atomic E-state index is 13.9. The molecule has 2 aromatic rings. The second-order valence-electron chi connectivity index (χ2n) is 10.1. The van der Waals surface area contributed by atoms with Crippen molar-refractivity contribution in [2.75, 3.05) is 51.0 Å². The largest absolute Gasteiger partial charge is 0.492 e. The first-order valence-electron chi connectivity index (χ1n) is 12.1. The fourth-order valence-corrected chi connectivity index (χ4v) is 6.70. The highest BCUT2D eigenvalue weighted by atomic mass is 32.2. The van der Waals surface area contributed by atoms with Crippen molar-refractivity contribution < 1.29 is 35.9 Å². The summed E-state index contributed by atoms with van der Waals surface area (Å²) < 4.78 is 75.3. The predicted molar refractivity (Wildman–Crippen MR) is 131 cm³/mol. The van der Waals surface area contributed by atoms with Crippen molar-refractivity contribution in [3.8, 4) is 11.8 Å². The van der Waals surface area contributed by atoms with Crippen LogP contribution in [0.3, 0.4) is 0 Å². The van der Waals surface area contributed by atoms with E-state index in [2.05, 4.69) is 16.3 Å². The van der Waals surface area contributed by atoms with Crippen LogP contribution in [0.1, 0.15) is 35.1 Å². The number of piperidine rings is 1. The van der Waals surface area contributed by atoms with Crippen LogP contribution in [-0.2, 0) is 35.7 Å². The summed E-state index contributed by atoms with van der Waals surface area (Å²) in [6.45, 7) is 1.06. The highest BCUT2D eigenvalue weighted by molar-refractivity contribution is 7.91. The Balaban J connectivity index is 1.25. The van der Waals surface area contributed by atoms with Crippen LogP contribution in [0.2, 0.25) is 0 Å². The number of anilines is 1. The van der Waals surface area contributed by atoms with Crippen LogP contribution in [0.15, 0.2) is 36.4 Å². The number of ether oxygens (including phenoxy) is 2. The number of rotatable bonds is 6. The summed E-state index contributed by atoms with van der Waals surface area (Å²) in [7, 11) is -3.86. The van der Waals surface area contributed by atoms with Crippen molar-refractivity contribution in [3.05, 3.63) is 58.7 Å². The lowest BCUT2D eigenvalue weighted by molar-refractivity contribution is -0.140. The van der Waals surface area contributed by atoms with Crippen molar-refractivity contribution in [1.82, 2.24) is 4.90 Å². The minimum absolute atomic E-state index is 0.00780. The number of hydrogen-bond donors (Lipinski definition) is 1.